The molecule has 1 aliphatic heterocycles. The second-order valence-electron chi connectivity index (χ2n) is 6.92. The van der Waals surface area contributed by atoms with Gasteiger partial charge in [0.2, 0.25) is 11.8 Å². The van der Waals surface area contributed by atoms with Gasteiger partial charge in [-0.15, -0.1) is 0 Å². The minimum Gasteiger partial charge on any atom is -0.497 e. The van der Waals surface area contributed by atoms with E-state index in [1.165, 1.54) is 17.8 Å². The van der Waals surface area contributed by atoms with Crippen LogP contribution in [0.15, 0.2) is 40.3 Å². The molecule has 154 valence electrons. The van der Waals surface area contributed by atoms with Crippen LogP contribution in [0.4, 0.5) is 0 Å². The normalized spacial score (nSPS) is 14.6. The maximum absolute atomic E-state index is 12.6. The highest BCUT2D eigenvalue weighted by Gasteiger charge is 2.26. The summed E-state index contributed by atoms with van der Waals surface area (Å²) >= 11 is 1.39. The number of carbonyl (C=O) groups excluding carboxylic acids is 2. The third-order valence-electron chi connectivity index (χ3n) is 4.87. The molecule has 2 amide bonds. The second-order valence-corrected chi connectivity index (χ2v) is 7.88. The van der Waals surface area contributed by atoms with E-state index in [4.69, 9.17) is 10.5 Å². The van der Waals surface area contributed by atoms with Crippen molar-refractivity contribution in [3.63, 3.8) is 0 Å². The average Bonchev–Trinajstić information content (AvgIpc) is 2.72. The van der Waals surface area contributed by atoms with Gasteiger partial charge in [0.15, 0.2) is 5.16 Å². The van der Waals surface area contributed by atoms with Gasteiger partial charge in [-0.2, -0.15) is 0 Å². The topological polar surface area (TPSA) is 118 Å². The number of piperidine rings is 1. The van der Waals surface area contributed by atoms with E-state index in [1.807, 2.05) is 24.3 Å². The predicted molar refractivity (Wildman–Crippen MR) is 110 cm³/mol. The highest BCUT2D eigenvalue weighted by molar-refractivity contribution is 7.98. The Hall–Kier alpha value is -2.81. The lowest BCUT2D eigenvalue weighted by atomic mass is 9.96. The monoisotopic (exact) mass is 416 g/mol. The van der Waals surface area contributed by atoms with Gasteiger partial charge in [0.1, 0.15) is 5.75 Å². The van der Waals surface area contributed by atoms with Crippen LogP contribution < -0.4 is 16.0 Å². The standard InChI is InChI=1S/C20H24N4O4S/c1-28-16-4-2-3-13(9-16)12-29-20-22-15(10-17(25)23-20)11-18(26)24-7-5-14(6-8-24)19(21)27/h2-4,9-10,14H,5-8,11-12H2,1H3,(H2,21,27)(H,22,23,25). The van der Waals surface area contributed by atoms with Gasteiger partial charge in [0, 0.05) is 30.8 Å². The van der Waals surface area contributed by atoms with Gasteiger partial charge in [-0.1, -0.05) is 23.9 Å². The molecule has 1 saturated heterocycles. The Morgan fingerprint density at radius 1 is 1.31 bits per heavy atom. The van der Waals surface area contributed by atoms with E-state index >= 15 is 0 Å². The van der Waals surface area contributed by atoms with E-state index in [2.05, 4.69) is 9.97 Å². The van der Waals surface area contributed by atoms with Crippen molar-refractivity contribution in [3.8, 4) is 5.75 Å². The maximum Gasteiger partial charge on any atom is 0.251 e. The van der Waals surface area contributed by atoms with Crippen LogP contribution >= 0.6 is 11.8 Å². The Bertz CT molecular complexity index is 938. The summed E-state index contributed by atoms with van der Waals surface area (Å²) in [7, 11) is 1.61. The highest BCUT2D eigenvalue weighted by atomic mass is 32.2. The van der Waals surface area contributed by atoms with Crippen molar-refractivity contribution in [1.29, 1.82) is 0 Å². The summed E-state index contributed by atoms with van der Waals surface area (Å²) in [6, 6.07) is 9.02. The Morgan fingerprint density at radius 3 is 2.76 bits per heavy atom. The molecule has 0 unspecified atom stereocenters. The smallest absolute Gasteiger partial charge is 0.251 e. The first-order chi connectivity index (χ1) is 13.9. The summed E-state index contributed by atoms with van der Waals surface area (Å²) in [6.07, 6.45) is 1.20. The molecule has 9 heteroatoms. The van der Waals surface area contributed by atoms with E-state index < -0.39 is 0 Å². The summed E-state index contributed by atoms with van der Waals surface area (Å²) in [6.45, 7) is 0.986. The second kappa shape index (κ2) is 9.60. The van der Waals surface area contributed by atoms with Crippen molar-refractivity contribution in [2.75, 3.05) is 20.2 Å². The molecule has 1 fully saturated rings. The number of primary amides is 1. The van der Waals surface area contributed by atoms with Crippen molar-refractivity contribution in [3.05, 3.63) is 51.9 Å². The molecule has 0 radical (unpaired) electrons. The van der Waals surface area contributed by atoms with E-state index in [0.717, 1.165) is 11.3 Å². The third-order valence-corrected chi connectivity index (χ3v) is 5.81. The number of methoxy groups -OCH3 is 1. The molecule has 1 aromatic heterocycles. The lowest BCUT2D eigenvalue weighted by Gasteiger charge is -2.30. The van der Waals surface area contributed by atoms with E-state index in [0.29, 0.717) is 42.5 Å². The number of thioether (sulfide) groups is 1. The number of nitrogens with zero attached hydrogens (tertiary/aromatic N) is 2. The number of rotatable bonds is 7. The fraction of sp³-hybridized carbons (Fsp3) is 0.400. The molecule has 2 heterocycles. The number of hydrogen-bond acceptors (Lipinski definition) is 6. The van der Waals surface area contributed by atoms with Crippen molar-refractivity contribution in [2.45, 2.75) is 30.2 Å². The van der Waals surface area contributed by atoms with Crippen molar-refractivity contribution < 1.29 is 14.3 Å². The van der Waals surface area contributed by atoms with Crippen LogP contribution in [0.5, 0.6) is 5.75 Å². The first kappa shape index (κ1) is 20.9. The third kappa shape index (κ3) is 5.83. The number of nitrogens with two attached hydrogens (primary N) is 1. The van der Waals surface area contributed by atoms with Crippen LogP contribution in [0, 0.1) is 5.92 Å². The quantitative estimate of drug-likeness (QED) is 0.519. The molecule has 2 aromatic rings. The first-order valence-electron chi connectivity index (χ1n) is 9.37. The maximum atomic E-state index is 12.6. The summed E-state index contributed by atoms with van der Waals surface area (Å²) in [4.78, 5) is 44.6. The number of aromatic nitrogens is 2. The molecule has 0 atom stereocenters. The Kier molecular flexibility index (Phi) is 6.92. The van der Waals surface area contributed by atoms with Crippen LogP contribution in [0.1, 0.15) is 24.1 Å². The minimum absolute atomic E-state index is 0.0535. The van der Waals surface area contributed by atoms with Crippen LogP contribution in [-0.4, -0.2) is 46.9 Å². The molecule has 29 heavy (non-hydrogen) atoms. The molecule has 0 aliphatic carbocycles. The first-order valence-corrected chi connectivity index (χ1v) is 10.4. The van der Waals surface area contributed by atoms with E-state index in [-0.39, 0.29) is 29.7 Å². The lowest BCUT2D eigenvalue weighted by molar-refractivity contribution is -0.134. The molecule has 3 rings (SSSR count). The fourth-order valence-corrected chi connectivity index (χ4v) is 4.07. The van der Waals surface area contributed by atoms with Gasteiger partial charge in [-0.25, -0.2) is 4.98 Å². The highest BCUT2D eigenvalue weighted by Crippen LogP contribution is 2.22. The van der Waals surface area contributed by atoms with Crippen molar-refractivity contribution in [2.24, 2.45) is 11.7 Å². The number of nitrogens with one attached hydrogen (secondary N) is 1. The van der Waals surface area contributed by atoms with Gasteiger partial charge in [-0.05, 0) is 30.5 Å². The number of hydrogen-bond donors (Lipinski definition) is 2. The number of amides is 2. The number of carbonyl (C=O) groups is 2. The fourth-order valence-electron chi connectivity index (χ4n) is 3.24. The van der Waals surface area contributed by atoms with Crippen LogP contribution in [0.25, 0.3) is 0 Å². The number of ether oxygens (including phenoxy) is 1. The Morgan fingerprint density at radius 2 is 2.07 bits per heavy atom. The molecule has 3 N–H and O–H groups in total. The van der Waals surface area contributed by atoms with E-state index in [9.17, 15) is 14.4 Å². The molecule has 0 spiro atoms. The van der Waals surface area contributed by atoms with Crippen molar-refractivity contribution >= 4 is 23.6 Å². The van der Waals surface area contributed by atoms with Crippen LogP contribution in [0.2, 0.25) is 0 Å². The molecular formula is C20H24N4O4S. The van der Waals surface area contributed by atoms with Gasteiger partial charge >= 0.3 is 0 Å². The summed E-state index contributed by atoms with van der Waals surface area (Å²) in [5.41, 5.74) is 6.52. The Balaban J connectivity index is 1.60. The van der Waals surface area contributed by atoms with Gasteiger partial charge in [-0.3, -0.25) is 14.4 Å². The minimum atomic E-state index is -0.314. The zero-order valence-electron chi connectivity index (χ0n) is 16.2. The van der Waals surface area contributed by atoms with Gasteiger partial charge < -0.3 is 20.4 Å². The van der Waals surface area contributed by atoms with Gasteiger partial charge in [0.05, 0.1) is 19.2 Å². The number of benzene rings is 1. The lowest BCUT2D eigenvalue weighted by Crippen LogP contribution is -2.42. The SMILES string of the molecule is COc1cccc(CSc2nc(CC(=O)N3CCC(C(N)=O)CC3)cc(=O)[nH]2)c1. The summed E-state index contributed by atoms with van der Waals surface area (Å²) < 4.78 is 5.22. The molecule has 0 saturated carbocycles. The predicted octanol–water partition coefficient (Wildman–Crippen LogP) is 1.34. The zero-order chi connectivity index (χ0) is 20.8. The molecule has 0 bridgehead atoms. The van der Waals surface area contributed by atoms with Crippen molar-refractivity contribution in [1.82, 2.24) is 14.9 Å². The number of likely N-dealkylation sites (tertiary alicyclic amines) is 1. The summed E-state index contributed by atoms with van der Waals surface area (Å²) in [5.74, 6) is 0.791. The molecule has 1 aromatic carbocycles. The van der Waals surface area contributed by atoms with Crippen LogP contribution in [0.3, 0.4) is 0 Å². The Labute approximate surface area is 172 Å². The zero-order valence-corrected chi connectivity index (χ0v) is 17.0. The number of aromatic amines is 1. The average molecular weight is 417 g/mol. The number of H-pyrrole nitrogens is 1. The van der Waals surface area contributed by atoms with E-state index in [1.54, 1.807) is 12.0 Å². The molecular weight excluding hydrogens is 392 g/mol. The summed E-state index contributed by atoms with van der Waals surface area (Å²) in [5, 5.41) is 0.468. The molecule has 1 aliphatic rings. The van der Waals surface area contributed by atoms with Gasteiger partial charge in [0.25, 0.3) is 5.56 Å². The largest absolute Gasteiger partial charge is 0.497 e. The van der Waals surface area contributed by atoms with Crippen LogP contribution in [-0.2, 0) is 21.8 Å². The molecule has 8 nitrogen and oxygen atoms in total.